The first-order chi connectivity index (χ1) is 19.2. The van der Waals surface area contributed by atoms with E-state index in [1.54, 1.807) is 54.3 Å². The molecule has 0 saturated carbocycles. The van der Waals surface area contributed by atoms with Crippen LogP contribution in [-0.2, 0) is 16.0 Å². The lowest BCUT2D eigenvalue weighted by Crippen LogP contribution is -2.31. The Balaban J connectivity index is 1.73. The van der Waals surface area contributed by atoms with E-state index in [1.807, 2.05) is 0 Å². The summed E-state index contributed by atoms with van der Waals surface area (Å²) in [7, 11) is 3.02. The zero-order valence-corrected chi connectivity index (χ0v) is 23.8. The molecule has 40 heavy (non-hydrogen) atoms. The molecule has 0 aliphatic carbocycles. The SMILES string of the molecule is CCC(=O)c1ccc(CC(=O)C(CCOC)n2cc(OC)c(-c3cc(Cl)ccc3-n3cnc(Cl)c3)cc2=O)cn1. The Labute approximate surface area is 241 Å². The minimum Gasteiger partial charge on any atom is -0.495 e. The van der Waals surface area contributed by atoms with Crippen molar-refractivity contribution in [3.05, 3.63) is 93.1 Å². The van der Waals surface area contributed by atoms with Crippen molar-refractivity contribution in [2.24, 2.45) is 0 Å². The molecule has 0 saturated heterocycles. The third kappa shape index (κ3) is 6.50. The summed E-state index contributed by atoms with van der Waals surface area (Å²) in [6, 6.07) is 9.15. The summed E-state index contributed by atoms with van der Waals surface area (Å²) < 4.78 is 14.0. The maximum Gasteiger partial charge on any atom is 0.252 e. The monoisotopic (exact) mass is 582 g/mol. The van der Waals surface area contributed by atoms with E-state index in [0.717, 1.165) is 0 Å². The van der Waals surface area contributed by atoms with Gasteiger partial charge in [-0.3, -0.25) is 19.4 Å². The minimum atomic E-state index is -0.821. The number of methoxy groups -OCH3 is 2. The summed E-state index contributed by atoms with van der Waals surface area (Å²) in [6.07, 6.45) is 6.89. The molecule has 0 bridgehead atoms. The summed E-state index contributed by atoms with van der Waals surface area (Å²) in [5, 5.41) is 0.772. The highest BCUT2D eigenvalue weighted by atomic mass is 35.5. The molecule has 0 aliphatic rings. The van der Waals surface area contributed by atoms with Gasteiger partial charge in [0.25, 0.3) is 5.56 Å². The molecule has 4 aromatic rings. The first-order valence-electron chi connectivity index (χ1n) is 12.6. The fourth-order valence-electron chi connectivity index (χ4n) is 4.40. The average molecular weight is 583 g/mol. The van der Waals surface area contributed by atoms with E-state index in [2.05, 4.69) is 9.97 Å². The third-order valence-electron chi connectivity index (χ3n) is 6.45. The van der Waals surface area contributed by atoms with Crippen LogP contribution < -0.4 is 10.3 Å². The predicted octanol–water partition coefficient (Wildman–Crippen LogP) is 5.39. The van der Waals surface area contributed by atoms with Gasteiger partial charge in [0.15, 0.2) is 11.6 Å². The predicted molar refractivity (Wildman–Crippen MR) is 153 cm³/mol. The van der Waals surface area contributed by atoms with E-state index >= 15 is 0 Å². The van der Waals surface area contributed by atoms with Crippen molar-refractivity contribution in [1.82, 2.24) is 19.1 Å². The largest absolute Gasteiger partial charge is 0.495 e. The van der Waals surface area contributed by atoms with Crippen molar-refractivity contribution in [2.45, 2.75) is 32.2 Å². The maximum atomic E-state index is 13.5. The first kappa shape index (κ1) is 29.2. The van der Waals surface area contributed by atoms with E-state index in [-0.39, 0.29) is 31.0 Å². The first-order valence-corrected chi connectivity index (χ1v) is 13.3. The highest BCUT2D eigenvalue weighted by Gasteiger charge is 2.24. The van der Waals surface area contributed by atoms with Crippen LogP contribution in [0, 0.1) is 0 Å². The van der Waals surface area contributed by atoms with Gasteiger partial charge in [0.1, 0.15) is 22.9 Å². The van der Waals surface area contributed by atoms with Crippen LogP contribution in [-0.4, -0.2) is 51.5 Å². The standard InChI is InChI=1S/C29H28Cl2N4O5/c1-4-25(36)22-7-5-18(14-32-22)11-26(37)24(9-10-39-2)35-15-27(40-3)21(13-29(35)38)20-12-19(30)6-8-23(20)34-16-28(31)33-17-34/h5-8,12-17,24H,4,9-11H2,1-3H3. The van der Waals surface area contributed by atoms with Gasteiger partial charge in [-0.25, -0.2) is 4.98 Å². The Bertz CT molecular complexity index is 1580. The lowest BCUT2D eigenvalue weighted by atomic mass is 10.00. The van der Waals surface area contributed by atoms with Crippen molar-refractivity contribution in [1.29, 1.82) is 0 Å². The molecule has 1 aromatic carbocycles. The molecule has 0 N–H and O–H groups in total. The molecule has 0 radical (unpaired) electrons. The molecule has 1 unspecified atom stereocenters. The van der Waals surface area contributed by atoms with E-state index < -0.39 is 11.6 Å². The Hall–Kier alpha value is -3.79. The van der Waals surface area contributed by atoms with Crippen molar-refractivity contribution in [3.63, 3.8) is 0 Å². The number of nitrogens with zero attached hydrogens (tertiary/aromatic N) is 4. The lowest BCUT2D eigenvalue weighted by Gasteiger charge is -2.21. The number of halogens is 2. The second-order valence-corrected chi connectivity index (χ2v) is 9.86. The number of ether oxygens (including phenoxy) is 2. The molecule has 9 nitrogen and oxygen atoms in total. The number of ketones is 2. The van der Waals surface area contributed by atoms with E-state index in [9.17, 15) is 14.4 Å². The smallest absolute Gasteiger partial charge is 0.252 e. The average Bonchev–Trinajstić information content (AvgIpc) is 3.39. The normalized spacial score (nSPS) is 11.8. The van der Waals surface area contributed by atoms with Crippen LogP contribution in [0.1, 0.15) is 41.9 Å². The molecule has 0 spiro atoms. The Morgan fingerprint density at radius 2 is 1.82 bits per heavy atom. The molecular weight excluding hydrogens is 555 g/mol. The molecule has 11 heteroatoms. The molecule has 0 fully saturated rings. The quantitative estimate of drug-likeness (QED) is 0.206. The number of imidazole rings is 1. The Morgan fingerprint density at radius 3 is 2.45 bits per heavy atom. The second kappa shape index (κ2) is 13.0. The summed E-state index contributed by atoms with van der Waals surface area (Å²) in [5.41, 5.74) is 2.38. The van der Waals surface area contributed by atoms with Gasteiger partial charge in [-0.2, -0.15) is 0 Å². The van der Waals surface area contributed by atoms with Crippen LogP contribution in [0.4, 0.5) is 0 Å². The Kier molecular flexibility index (Phi) is 9.52. The van der Waals surface area contributed by atoms with Crippen molar-refractivity contribution in [3.8, 4) is 22.6 Å². The van der Waals surface area contributed by atoms with E-state index in [1.165, 1.54) is 37.2 Å². The van der Waals surface area contributed by atoms with Gasteiger partial charge < -0.3 is 18.6 Å². The zero-order chi connectivity index (χ0) is 28.8. The van der Waals surface area contributed by atoms with Gasteiger partial charge in [-0.1, -0.05) is 36.2 Å². The van der Waals surface area contributed by atoms with Crippen LogP contribution in [0.25, 0.3) is 16.8 Å². The lowest BCUT2D eigenvalue weighted by molar-refractivity contribution is -0.122. The summed E-state index contributed by atoms with van der Waals surface area (Å²) >= 11 is 12.4. The fraction of sp³-hybridized carbons (Fsp3) is 0.276. The number of hydrogen-bond donors (Lipinski definition) is 0. The number of hydrogen-bond acceptors (Lipinski definition) is 7. The van der Waals surface area contributed by atoms with Crippen LogP contribution in [0.15, 0.2) is 66.1 Å². The van der Waals surface area contributed by atoms with Gasteiger partial charge in [0.2, 0.25) is 0 Å². The molecule has 3 heterocycles. The molecule has 208 valence electrons. The number of rotatable bonds is 12. The molecule has 0 amide bonds. The van der Waals surface area contributed by atoms with Gasteiger partial charge in [0.05, 0.1) is 25.0 Å². The van der Waals surface area contributed by atoms with Crippen molar-refractivity contribution >= 4 is 34.8 Å². The molecule has 4 rings (SSSR count). The number of carbonyl (C=O) groups is 2. The van der Waals surface area contributed by atoms with E-state index in [0.29, 0.717) is 50.4 Å². The zero-order valence-electron chi connectivity index (χ0n) is 22.3. The summed E-state index contributed by atoms with van der Waals surface area (Å²) in [4.78, 5) is 47.2. The molecule has 0 aliphatic heterocycles. The number of pyridine rings is 2. The molecular formula is C29H28Cl2N4O5. The van der Waals surface area contributed by atoms with Gasteiger partial charge in [-0.05, 0) is 36.2 Å². The summed E-state index contributed by atoms with van der Waals surface area (Å²) in [6.45, 7) is 2.02. The highest BCUT2D eigenvalue weighted by molar-refractivity contribution is 6.31. The number of carbonyl (C=O) groups excluding carboxylic acids is 2. The summed E-state index contributed by atoms with van der Waals surface area (Å²) in [5.74, 6) is 0.0871. The molecule has 3 aromatic heterocycles. The van der Waals surface area contributed by atoms with Gasteiger partial charge in [0, 0.05) is 61.2 Å². The molecule has 1 atom stereocenters. The number of benzene rings is 1. The van der Waals surface area contributed by atoms with Gasteiger partial charge >= 0.3 is 0 Å². The van der Waals surface area contributed by atoms with Gasteiger partial charge in [-0.15, -0.1) is 0 Å². The van der Waals surface area contributed by atoms with Crippen molar-refractivity contribution < 1.29 is 19.1 Å². The maximum absolute atomic E-state index is 13.5. The second-order valence-electron chi connectivity index (χ2n) is 9.03. The van der Waals surface area contributed by atoms with Crippen molar-refractivity contribution in [2.75, 3.05) is 20.8 Å². The highest BCUT2D eigenvalue weighted by Crippen LogP contribution is 2.36. The number of aromatic nitrogens is 4. The third-order valence-corrected chi connectivity index (χ3v) is 6.89. The minimum absolute atomic E-state index is 0.0261. The van der Waals surface area contributed by atoms with Crippen LogP contribution in [0.3, 0.4) is 0 Å². The number of Topliss-reactive ketones (excluding diaryl/α,β-unsaturated/α-hetero) is 2. The van der Waals surface area contributed by atoms with Crippen LogP contribution in [0.2, 0.25) is 10.2 Å². The van der Waals surface area contributed by atoms with Crippen LogP contribution in [0.5, 0.6) is 5.75 Å². The topological polar surface area (TPSA) is 105 Å². The van der Waals surface area contributed by atoms with E-state index in [4.69, 9.17) is 32.7 Å². The fourth-order valence-corrected chi connectivity index (χ4v) is 4.72. The Morgan fingerprint density at radius 1 is 1.02 bits per heavy atom. The van der Waals surface area contributed by atoms with Crippen LogP contribution >= 0.6 is 23.2 Å².